The Morgan fingerprint density at radius 1 is 1.13 bits per heavy atom. The van der Waals surface area contributed by atoms with Gasteiger partial charge in [0, 0.05) is 29.7 Å². The summed E-state index contributed by atoms with van der Waals surface area (Å²) < 4.78 is 5.18. The molecular weight excluding hydrogens is 398 g/mol. The van der Waals surface area contributed by atoms with Crippen molar-refractivity contribution in [2.45, 2.75) is 12.8 Å². The van der Waals surface area contributed by atoms with Gasteiger partial charge in [-0.1, -0.05) is 18.2 Å². The first-order valence-corrected chi connectivity index (χ1v) is 10.8. The third-order valence-electron chi connectivity index (χ3n) is 5.18. The molecule has 3 aromatic rings. The Morgan fingerprint density at radius 2 is 1.90 bits per heavy atom. The van der Waals surface area contributed by atoms with Crippen LogP contribution in [0.4, 0.5) is 5.69 Å². The molecule has 0 aliphatic carbocycles. The molecule has 0 bridgehead atoms. The average Bonchev–Trinajstić information content (AvgIpc) is 3.30. The molecule has 2 heterocycles. The monoisotopic (exact) mass is 421 g/mol. The summed E-state index contributed by atoms with van der Waals surface area (Å²) in [6, 6.07) is 17.0. The van der Waals surface area contributed by atoms with Crippen molar-refractivity contribution >= 4 is 28.8 Å². The summed E-state index contributed by atoms with van der Waals surface area (Å²) in [5, 5.41) is 5.52. The molecule has 1 aliphatic rings. The highest BCUT2D eigenvalue weighted by Gasteiger charge is 2.30. The van der Waals surface area contributed by atoms with Crippen molar-refractivity contribution < 1.29 is 14.3 Å². The minimum Gasteiger partial charge on any atom is -0.497 e. The second-order valence-electron chi connectivity index (χ2n) is 7.21. The van der Waals surface area contributed by atoms with Gasteiger partial charge in [0.05, 0.1) is 13.0 Å². The van der Waals surface area contributed by atoms with Crippen LogP contribution in [0, 0.1) is 5.92 Å². The summed E-state index contributed by atoms with van der Waals surface area (Å²) in [5.74, 6) is 0.390. The van der Waals surface area contributed by atoms with Crippen LogP contribution in [-0.2, 0) is 4.79 Å². The average molecular weight is 422 g/mol. The zero-order chi connectivity index (χ0) is 20.9. The molecule has 6 nitrogen and oxygen atoms in total. The SMILES string of the molecule is COc1ccc(-c2nc(C(=O)N3CCC[C@@H](C(=O)Nc4ccccc4)C3)cs2)cc1. The summed E-state index contributed by atoms with van der Waals surface area (Å²) in [5.41, 5.74) is 2.14. The number of likely N-dealkylation sites (tertiary alicyclic amines) is 1. The fraction of sp³-hybridized carbons (Fsp3) is 0.261. The molecule has 0 spiro atoms. The molecule has 1 atom stereocenters. The van der Waals surface area contributed by atoms with E-state index in [2.05, 4.69) is 10.3 Å². The lowest BCUT2D eigenvalue weighted by Crippen LogP contribution is -2.43. The van der Waals surface area contributed by atoms with Crippen molar-refractivity contribution in [3.8, 4) is 16.3 Å². The van der Waals surface area contributed by atoms with Gasteiger partial charge >= 0.3 is 0 Å². The molecule has 1 N–H and O–H groups in total. The minimum absolute atomic E-state index is 0.0455. The van der Waals surface area contributed by atoms with Crippen LogP contribution in [0.5, 0.6) is 5.75 Å². The van der Waals surface area contributed by atoms with E-state index in [9.17, 15) is 9.59 Å². The first-order valence-electron chi connectivity index (χ1n) is 9.89. The fourth-order valence-electron chi connectivity index (χ4n) is 3.54. The quantitative estimate of drug-likeness (QED) is 0.666. The van der Waals surface area contributed by atoms with E-state index in [1.807, 2.05) is 54.6 Å². The van der Waals surface area contributed by atoms with E-state index in [1.54, 1.807) is 17.4 Å². The predicted octanol–water partition coefficient (Wildman–Crippen LogP) is 4.31. The number of carbonyl (C=O) groups is 2. The van der Waals surface area contributed by atoms with Gasteiger partial charge in [0.25, 0.3) is 5.91 Å². The molecule has 1 aliphatic heterocycles. The summed E-state index contributed by atoms with van der Waals surface area (Å²) in [4.78, 5) is 31.9. The number of para-hydroxylation sites is 1. The molecule has 30 heavy (non-hydrogen) atoms. The lowest BCUT2D eigenvalue weighted by atomic mass is 9.96. The molecule has 0 saturated carbocycles. The van der Waals surface area contributed by atoms with E-state index < -0.39 is 0 Å². The fourth-order valence-corrected chi connectivity index (χ4v) is 4.34. The van der Waals surface area contributed by atoms with Crippen LogP contribution >= 0.6 is 11.3 Å². The van der Waals surface area contributed by atoms with Gasteiger partial charge in [0.15, 0.2) is 0 Å². The van der Waals surface area contributed by atoms with Crippen LogP contribution in [0.3, 0.4) is 0 Å². The maximum absolute atomic E-state index is 13.0. The predicted molar refractivity (Wildman–Crippen MR) is 118 cm³/mol. The maximum atomic E-state index is 13.0. The van der Waals surface area contributed by atoms with Crippen LogP contribution in [0.2, 0.25) is 0 Å². The number of nitrogens with zero attached hydrogens (tertiary/aromatic N) is 2. The Labute approximate surface area is 179 Å². The van der Waals surface area contributed by atoms with E-state index in [4.69, 9.17) is 4.74 Å². The number of nitrogens with one attached hydrogen (secondary N) is 1. The van der Waals surface area contributed by atoms with Crippen molar-refractivity contribution in [3.63, 3.8) is 0 Å². The van der Waals surface area contributed by atoms with Crippen molar-refractivity contribution in [3.05, 3.63) is 65.7 Å². The zero-order valence-electron chi connectivity index (χ0n) is 16.7. The minimum atomic E-state index is -0.220. The molecule has 4 rings (SSSR count). The van der Waals surface area contributed by atoms with E-state index in [0.29, 0.717) is 18.8 Å². The van der Waals surface area contributed by atoms with Crippen LogP contribution in [0.15, 0.2) is 60.0 Å². The number of methoxy groups -OCH3 is 1. The third-order valence-corrected chi connectivity index (χ3v) is 6.07. The van der Waals surface area contributed by atoms with Crippen molar-refractivity contribution in [1.29, 1.82) is 0 Å². The van der Waals surface area contributed by atoms with Gasteiger partial charge in [0.2, 0.25) is 5.91 Å². The lowest BCUT2D eigenvalue weighted by Gasteiger charge is -2.31. The Balaban J connectivity index is 1.41. The van der Waals surface area contributed by atoms with Crippen molar-refractivity contribution in [2.75, 3.05) is 25.5 Å². The number of rotatable bonds is 5. The Hall–Kier alpha value is -3.19. The number of ether oxygens (including phenoxy) is 1. The summed E-state index contributed by atoms with van der Waals surface area (Å²) in [7, 11) is 1.63. The molecule has 154 valence electrons. The van der Waals surface area contributed by atoms with E-state index in [1.165, 1.54) is 11.3 Å². The number of anilines is 1. The lowest BCUT2D eigenvalue weighted by molar-refractivity contribution is -0.121. The van der Waals surface area contributed by atoms with Gasteiger partial charge in [-0.15, -0.1) is 11.3 Å². The smallest absolute Gasteiger partial charge is 0.273 e. The highest BCUT2D eigenvalue weighted by molar-refractivity contribution is 7.13. The van der Waals surface area contributed by atoms with E-state index in [0.717, 1.165) is 34.8 Å². The molecule has 7 heteroatoms. The number of piperidine rings is 1. The molecule has 0 radical (unpaired) electrons. The van der Waals surface area contributed by atoms with Crippen LogP contribution in [0.1, 0.15) is 23.3 Å². The van der Waals surface area contributed by atoms with Gasteiger partial charge in [0.1, 0.15) is 16.5 Å². The summed E-state index contributed by atoms with van der Waals surface area (Å²) in [6.07, 6.45) is 1.57. The first-order chi connectivity index (χ1) is 14.6. The molecule has 1 aromatic heterocycles. The number of thiazole rings is 1. The highest BCUT2D eigenvalue weighted by atomic mass is 32.1. The van der Waals surface area contributed by atoms with Crippen LogP contribution in [0.25, 0.3) is 10.6 Å². The second-order valence-corrected chi connectivity index (χ2v) is 8.07. The zero-order valence-corrected chi connectivity index (χ0v) is 17.5. The van der Waals surface area contributed by atoms with Gasteiger partial charge in [-0.3, -0.25) is 9.59 Å². The molecule has 1 saturated heterocycles. The molecule has 1 fully saturated rings. The summed E-state index contributed by atoms with van der Waals surface area (Å²) in [6.45, 7) is 1.05. The van der Waals surface area contributed by atoms with Crippen LogP contribution in [-0.4, -0.2) is 41.9 Å². The molecular formula is C23H23N3O3S. The largest absolute Gasteiger partial charge is 0.497 e. The molecule has 2 amide bonds. The third kappa shape index (κ3) is 4.52. The Kier molecular flexibility index (Phi) is 6.09. The maximum Gasteiger partial charge on any atom is 0.273 e. The van der Waals surface area contributed by atoms with E-state index >= 15 is 0 Å². The topological polar surface area (TPSA) is 71.5 Å². The highest BCUT2D eigenvalue weighted by Crippen LogP contribution is 2.27. The second kappa shape index (κ2) is 9.09. The van der Waals surface area contributed by atoms with E-state index in [-0.39, 0.29) is 17.7 Å². The molecule has 0 unspecified atom stereocenters. The van der Waals surface area contributed by atoms with Crippen molar-refractivity contribution in [1.82, 2.24) is 9.88 Å². The number of amides is 2. The Morgan fingerprint density at radius 3 is 2.63 bits per heavy atom. The van der Waals surface area contributed by atoms with Gasteiger partial charge in [-0.05, 0) is 49.2 Å². The van der Waals surface area contributed by atoms with Crippen molar-refractivity contribution in [2.24, 2.45) is 5.92 Å². The standard InChI is InChI=1S/C23H23N3O3S/c1-29-19-11-9-16(10-12-19)22-25-20(15-30-22)23(28)26-13-5-6-17(14-26)21(27)24-18-7-3-2-4-8-18/h2-4,7-12,15,17H,5-6,13-14H2,1H3,(H,24,27)/t17-/m1/s1. The normalized spacial score (nSPS) is 16.2. The summed E-state index contributed by atoms with van der Waals surface area (Å²) >= 11 is 1.44. The first kappa shape index (κ1) is 20.1. The number of aromatic nitrogens is 1. The van der Waals surface area contributed by atoms with Gasteiger partial charge in [-0.2, -0.15) is 0 Å². The number of hydrogen-bond donors (Lipinski definition) is 1. The van der Waals surface area contributed by atoms with Crippen LogP contribution < -0.4 is 10.1 Å². The van der Waals surface area contributed by atoms with Gasteiger partial charge < -0.3 is 15.0 Å². The number of benzene rings is 2. The molecule has 2 aromatic carbocycles. The number of carbonyl (C=O) groups excluding carboxylic acids is 2. The number of hydrogen-bond acceptors (Lipinski definition) is 5. The Bertz CT molecular complexity index is 1020. The van der Waals surface area contributed by atoms with Gasteiger partial charge in [-0.25, -0.2) is 4.98 Å².